The molecule has 0 atom stereocenters. The molecule has 0 spiro atoms. The second-order valence-electron chi connectivity index (χ2n) is 3.35. The van der Waals surface area contributed by atoms with Crippen molar-refractivity contribution in [1.29, 1.82) is 0 Å². The Morgan fingerprint density at radius 2 is 2.29 bits per heavy atom. The van der Waals surface area contributed by atoms with Crippen LogP contribution in [0.4, 0.5) is 5.82 Å². The first-order valence-electron chi connectivity index (χ1n) is 5.06. The fourth-order valence-corrected chi connectivity index (χ4v) is 1.39. The van der Waals surface area contributed by atoms with Gasteiger partial charge in [0, 0.05) is 25.9 Å². The lowest BCUT2D eigenvalue weighted by molar-refractivity contribution is 0.289. The van der Waals surface area contributed by atoms with Gasteiger partial charge in [0.05, 0.1) is 0 Å². The van der Waals surface area contributed by atoms with Crippen LogP contribution in [0.1, 0.15) is 18.9 Å². The van der Waals surface area contributed by atoms with Crippen LogP contribution in [0, 0.1) is 6.92 Å². The predicted molar refractivity (Wildman–Crippen MR) is 58.6 cm³/mol. The van der Waals surface area contributed by atoms with Gasteiger partial charge in [0.15, 0.2) is 0 Å². The maximum absolute atomic E-state index is 8.77. The molecule has 0 aliphatic rings. The van der Waals surface area contributed by atoms with Crippen molar-refractivity contribution >= 4 is 5.82 Å². The number of rotatable bonds is 5. The Morgan fingerprint density at radius 1 is 1.50 bits per heavy atom. The van der Waals surface area contributed by atoms with E-state index in [1.165, 1.54) is 5.56 Å². The summed E-state index contributed by atoms with van der Waals surface area (Å²) in [5.41, 5.74) is 1.22. The third kappa shape index (κ3) is 3.00. The van der Waals surface area contributed by atoms with Gasteiger partial charge in [0.1, 0.15) is 5.82 Å². The molecule has 0 radical (unpaired) electrons. The second kappa shape index (κ2) is 5.60. The molecule has 1 rings (SSSR count). The maximum atomic E-state index is 8.77. The van der Waals surface area contributed by atoms with E-state index in [1.54, 1.807) is 0 Å². The van der Waals surface area contributed by atoms with Gasteiger partial charge in [-0.15, -0.1) is 0 Å². The van der Waals surface area contributed by atoms with Crippen molar-refractivity contribution in [1.82, 2.24) is 4.98 Å². The zero-order chi connectivity index (χ0) is 10.4. The number of hydrogen-bond donors (Lipinski definition) is 1. The molecule has 78 valence electrons. The topological polar surface area (TPSA) is 36.4 Å². The average molecular weight is 194 g/mol. The van der Waals surface area contributed by atoms with E-state index in [0.717, 1.165) is 25.3 Å². The molecule has 0 aliphatic carbocycles. The number of nitrogens with zero attached hydrogens (tertiary/aromatic N) is 2. The molecular weight excluding hydrogens is 176 g/mol. The van der Waals surface area contributed by atoms with E-state index in [9.17, 15) is 0 Å². The van der Waals surface area contributed by atoms with Gasteiger partial charge in [-0.2, -0.15) is 0 Å². The Balaban J connectivity index is 2.68. The lowest BCUT2D eigenvalue weighted by Gasteiger charge is -2.21. The summed E-state index contributed by atoms with van der Waals surface area (Å²) < 4.78 is 0. The lowest BCUT2D eigenvalue weighted by atomic mass is 10.3. The van der Waals surface area contributed by atoms with Crippen LogP contribution < -0.4 is 4.90 Å². The molecule has 0 aliphatic heterocycles. The minimum absolute atomic E-state index is 0.238. The zero-order valence-electron chi connectivity index (χ0n) is 8.90. The largest absolute Gasteiger partial charge is 0.396 e. The van der Waals surface area contributed by atoms with Crippen molar-refractivity contribution in [2.75, 3.05) is 24.6 Å². The summed E-state index contributed by atoms with van der Waals surface area (Å²) in [4.78, 5) is 6.48. The Bertz CT molecular complexity index is 276. The fraction of sp³-hybridized carbons (Fsp3) is 0.545. The van der Waals surface area contributed by atoms with Crippen LogP contribution in [-0.4, -0.2) is 29.8 Å². The van der Waals surface area contributed by atoms with E-state index < -0.39 is 0 Å². The second-order valence-corrected chi connectivity index (χ2v) is 3.35. The third-order valence-electron chi connectivity index (χ3n) is 2.19. The fourth-order valence-electron chi connectivity index (χ4n) is 1.39. The summed E-state index contributed by atoms with van der Waals surface area (Å²) in [5, 5.41) is 8.77. The highest BCUT2D eigenvalue weighted by molar-refractivity contribution is 5.40. The smallest absolute Gasteiger partial charge is 0.128 e. The molecule has 0 saturated carbocycles. The van der Waals surface area contributed by atoms with Crippen molar-refractivity contribution in [3.8, 4) is 0 Å². The highest BCUT2D eigenvalue weighted by atomic mass is 16.3. The number of aliphatic hydroxyl groups is 1. The average Bonchev–Trinajstić information content (AvgIpc) is 2.19. The van der Waals surface area contributed by atoms with Gasteiger partial charge in [0.2, 0.25) is 0 Å². The van der Waals surface area contributed by atoms with Crippen molar-refractivity contribution in [3.63, 3.8) is 0 Å². The van der Waals surface area contributed by atoms with Crippen molar-refractivity contribution < 1.29 is 5.11 Å². The molecule has 1 heterocycles. The summed E-state index contributed by atoms with van der Waals surface area (Å²) in [6.07, 6.45) is 2.62. The third-order valence-corrected chi connectivity index (χ3v) is 2.19. The Morgan fingerprint density at radius 3 is 2.86 bits per heavy atom. The van der Waals surface area contributed by atoms with E-state index in [1.807, 2.05) is 12.3 Å². The van der Waals surface area contributed by atoms with E-state index in [4.69, 9.17) is 5.11 Å². The van der Waals surface area contributed by atoms with Gasteiger partial charge >= 0.3 is 0 Å². The number of pyridine rings is 1. The van der Waals surface area contributed by atoms with Crippen LogP contribution in [0.3, 0.4) is 0 Å². The number of anilines is 1. The molecule has 14 heavy (non-hydrogen) atoms. The SMILES string of the molecule is CCN(CCCO)c1cc(C)ccn1. The van der Waals surface area contributed by atoms with Crippen molar-refractivity contribution in [3.05, 3.63) is 23.9 Å². The summed E-state index contributed by atoms with van der Waals surface area (Å²) in [5.74, 6) is 1.00. The molecular formula is C11H18N2O. The Labute approximate surface area is 85.4 Å². The van der Waals surface area contributed by atoms with Gasteiger partial charge in [-0.1, -0.05) is 0 Å². The minimum atomic E-state index is 0.238. The Kier molecular flexibility index (Phi) is 4.40. The maximum Gasteiger partial charge on any atom is 0.128 e. The van der Waals surface area contributed by atoms with Gasteiger partial charge in [-0.25, -0.2) is 4.98 Å². The quantitative estimate of drug-likeness (QED) is 0.773. The van der Waals surface area contributed by atoms with Crippen LogP contribution in [0.25, 0.3) is 0 Å². The molecule has 1 aromatic rings. The number of aromatic nitrogens is 1. The molecule has 0 fully saturated rings. The number of aryl methyl sites for hydroxylation is 1. The molecule has 0 saturated heterocycles. The summed E-state index contributed by atoms with van der Waals surface area (Å²) in [7, 11) is 0. The van der Waals surface area contributed by atoms with Gasteiger partial charge in [0.25, 0.3) is 0 Å². The van der Waals surface area contributed by atoms with Crippen molar-refractivity contribution in [2.24, 2.45) is 0 Å². The summed E-state index contributed by atoms with van der Waals surface area (Å²) >= 11 is 0. The zero-order valence-corrected chi connectivity index (χ0v) is 8.90. The molecule has 0 aromatic carbocycles. The standard InChI is InChI=1S/C11H18N2O/c1-3-13(7-4-8-14)11-9-10(2)5-6-12-11/h5-6,9,14H,3-4,7-8H2,1-2H3. The highest BCUT2D eigenvalue weighted by Crippen LogP contribution is 2.11. The molecule has 0 bridgehead atoms. The van der Waals surface area contributed by atoms with E-state index in [2.05, 4.69) is 29.8 Å². The van der Waals surface area contributed by atoms with E-state index in [-0.39, 0.29) is 6.61 Å². The first kappa shape index (κ1) is 11.0. The van der Waals surface area contributed by atoms with Crippen LogP contribution in [0.5, 0.6) is 0 Å². The van der Waals surface area contributed by atoms with Crippen LogP contribution >= 0.6 is 0 Å². The van der Waals surface area contributed by atoms with E-state index in [0.29, 0.717) is 0 Å². The molecule has 0 unspecified atom stereocenters. The minimum Gasteiger partial charge on any atom is -0.396 e. The van der Waals surface area contributed by atoms with Crippen LogP contribution in [-0.2, 0) is 0 Å². The monoisotopic (exact) mass is 194 g/mol. The molecule has 3 heteroatoms. The van der Waals surface area contributed by atoms with Gasteiger partial charge in [-0.3, -0.25) is 0 Å². The molecule has 3 nitrogen and oxygen atoms in total. The normalized spacial score (nSPS) is 10.2. The number of hydrogen-bond acceptors (Lipinski definition) is 3. The van der Waals surface area contributed by atoms with Crippen LogP contribution in [0.2, 0.25) is 0 Å². The Hall–Kier alpha value is -1.09. The predicted octanol–water partition coefficient (Wildman–Crippen LogP) is 1.60. The first-order chi connectivity index (χ1) is 6.77. The first-order valence-corrected chi connectivity index (χ1v) is 5.06. The molecule has 0 amide bonds. The molecule has 1 aromatic heterocycles. The highest BCUT2D eigenvalue weighted by Gasteiger charge is 2.04. The lowest BCUT2D eigenvalue weighted by Crippen LogP contribution is -2.25. The summed E-state index contributed by atoms with van der Waals surface area (Å²) in [6.45, 7) is 6.19. The molecule has 1 N–H and O–H groups in total. The van der Waals surface area contributed by atoms with Gasteiger partial charge < -0.3 is 10.0 Å². The van der Waals surface area contributed by atoms with Crippen molar-refractivity contribution in [2.45, 2.75) is 20.3 Å². The van der Waals surface area contributed by atoms with E-state index >= 15 is 0 Å². The van der Waals surface area contributed by atoms with Crippen LogP contribution in [0.15, 0.2) is 18.3 Å². The van der Waals surface area contributed by atoms with Gasteiger partial charge in [-0.05, 0) is 38.0 Å². The summed E-state index contributed by atoms with van der Waals surface area (Å²) in [6, 6.07) is 4.06. The number of aliphatic hydroxyl groups excluding tert-OH is 1.